The lowest BCUT2D eigenvalue weighted by atomic mass is 10.1. The Balaban J connectivity index is 1.48. The third kappa shape index (κ3) is 7.01. The molecule has 0 N–H and O–H groups in total. The predicted octanol–water partition coefficient (Wildman–Crippen LogP) is 7.72. The summed E-state index contributed by atoms with van der Waals surface area (Å²) in [5.41, 5.74) is 3.75. The van der Waals surface area contributed by atoms with E-state index >= 15 is 0 Å². The van der Waals surface area contributed by atoms with Crippen molar-refractivity contribution in [1.82, 2.24) is 9.80 Å². The fourth-order valence-electron chi connectivity index (χ4n) is 4.13. The zero-order valence-electron chi connectivity index (χ0n) is 20.5. The number of rotatable bonds is 9. The molecule has 3 aromatic rings. The average molecular weight is 551 g/mol. The second kappa shape index (κ2) is 12.9. The number of carbonyl (C=O) groups is 1. The Morgan fingerprint density at radius 2 is 1.57 bits per heavy atom. The average Bonchev–Trinajstić information content (AvgIpc) is 2.94. The smallest absolute Gasteiger partial charge is 0.253 e. The minimum Gasteiger partial charge on any atom is -0.368 e. The Labute approximate surface area is 233 Å². The first-order valence-corrected chi connectivity index (χ1v) is 13.6. The first kappa shape index (κ1) is 26.9. The fraction of sp³-hybridized carbons (Fsp3) is 0.167. The molecule has 0 radical (unpaired) electrons. The Morgan fingerprint density at radius 1 is 0.892 bits per heavy atom. The normalized spacial score (nSPS) is 13.8. The predicted molar refractivity (Wildman–Crippen MR) is 157 cm³/mol. The van der Waals surface area contributed by atoms with Gasteiger partial charge in [0.2, 0.25) is 0 Å². The van der Waals surface area contributed by atoms with Crippen molar-refractivity contribution in [2.24, 2.45) is 0 Å². The monoisotopic (exact) mass is 549 g/mol. The van der Waals surface area contributed by atoms with Gasteiger partial charge in [0.05, 0.1) is 16.6 Å². The number of piperazine rings is 1. The summed E-state index contributed by atoms with van der Waals surface area (Å²) in [7, 11) is 0. The van der Waals surface area contributed by atoms with Gasteiger partial charge in [-0.2, -0.15) is 0 Å². The van der Waals surface area contributed by atoms with Crippen LogP contribution in [0.3, 0.4) is 0 Å². The van der Waals surface area contributed by atoms with Crippen molar-refractivity contribution in [3.05, 3.63) is 131 Å². The van der Waals surface area contributed by atoms with Gasteiger partial charge in [-0.25, -0.2) is 0 Å². The van der Waals surface area contributed by atoms with Crippen molar-refractivity contribution in [2.75, 3.05) is 30.5 Å². The van der Waals surface area contributed by atoms with Crippen molar-refractivity contribution in [3.8, 4) is 0 Å². The van der Waals surface area contributed by atoms with Gasteiger partial charge in [-0.1, -0.05) is 66.7 Å². The van der Waals surface area contributed by atoms with Crippen LogP contribution in [-0.4, -0.2) is 41.9 Å². The zero-order valence-corrected chi connectivity index (χ0v) is 22.9. The largest absolute Gasteiger partial charge is 0.368 e. The molecule has 0 saturated carbocycles. The first-order chi connectivity index (χ1) is 18.0. The quantitative estimate of drug-likeness (QED) is 0.201. The first-order valence-electron chi connectivity index (χ1n) is 12.0. The van der Waals surface area contributed by atoms with Gasteiger partial charge in [0.1, 0.15) is 0 Å². The molecule has 0 unspecified atom stereocenters. The van der Waals surface area contributed by atoms with E-state index in [1.807, 2.05) is 77.7 Å². The van der Waals surface area contributed by atoms with E-state index < -0.39 is 0 Å². The minimum absolute atomic E-state index is 0.0470. The van der Waals surface area contributed by atoms with Crippen LogP contribution in [0.1, 0.15) is 15.9 Å². The maximum absolute atomic E-state index is 13.2. The third-order valence-corrected chi connectivity index (χ3v) is 7.88. The fourth-order valence-corrected chi connectivity index (χ4v) is 5.43. The lowest BCUT2D eigenvalue weighted by Crippen LogP contribution is -2.48. The van der Waals surface area contributed by atoms with Crippen LogP contribution in [0.25, 0.3) is 0 Å². The van der Waals surface area contributed by atoms with Crippen LogP contribution in [0.15, 0.2) is 115 Å². The van der Waals surface area contributed by atoms with Crippen molar-refractivity contribution in [3.63, 3.8) is 0 Å². The van der Waals surface area contributed by atoms with Gasteiger partial charge in [0.15, 0.2) is 0 Å². The maximum atomic E-state index is 13.2. The molecule has 37 heavy (non-hydrogen) atoms. The zero-order chi connectivity index (χ0) is 26.2. The molecule has 0 atom stereocenters. The molecule has 0 aliphatic carbocycles. The molecule has 1 aliphatic heterocycles. The summed E-state index contributed by atoms with van der Waals surface area (Å²) in [4.78, 5) is 18.5. The van der Waals surface area contributed by atoms with E-state index in [2.05, 4.69) is 34.5 Å². The Bertz CT molecular complexity index is 1270. The van der Waals surface area contributed by atoms with Crippen LogP contribution in [0.2, 0.25) is 10.0 Å². The van der Waals surface area contributed by atoms with E-state index in [0.29, 0.717) is 35.2 Å². The van der Waals surface area contributed by atoms with Gasteiger partial charge >= 0.3 is 0 Å². The van der Waals surface area contributed by atoms with Gasteiger partial charge in [0.25, 0.3) is 5.91 Å². The number of hydrogen-bond acceptors (Lipinski definition) is 4. The number of hydrogen-bond donors (Lipinski definition) is 0. The molecule has 7 heteroatoms. The lowest BCUT2D eigenvalue weighted by molar-refractivity contribution is 0.0672. The number of anilines is 1. The summed E-state index contributed by atoms with van der Waals surface area (Å²) in [6, 6.07) is 23.7. The number of benzene rings is 3. The van der Waals surface area contributed by atoms with E-state index in [1.54, 1.807) is 18.0 Å². The second-order valence-electron chi connectivity index (χ2n) is 8.55. The highest BCUT2D eigenvalue weighted by molar-refractivity contribution is 8.00. The standard InChI is InChI=1S/C30H29Cl2N3OS/c1-3-8-25(4-2)33-17-19-34(20-18-33)30(36)24-12-14-26(15-13-24)35(37-27-9-6-5-7-10-27)22-23-11-16-28(31)29(32)21-23/h3-16,21H,1-2,17-20,22H2/b25-8+. The van der Waals surface area contributed by atoms with Gasteiger partial charge in [-0.05, 0) is 78.2 Å². The molecule has 0 aromatic heterocycles. The van der Waals surface area contributed by atoms with Crippen LogP contribution < -0.4 is 4.31 Å². The van der Waals surface area contributed by atoms with E-state index in [9.17, 15) is 4.79 Å². The van der Waals surface area contributed by atoms with Gasteiger partial charge in [-0.3, -0.25) is 4.79 Å². The molecule has 4 rings (SSSR count). The molecule has 3 aromatic carbocycles. The molecule has 1 amide bonds. The van der Waals surface area contributed by atoms with Crippen LogP contribution >= 0.6 is 35.1 Å². The Kier molecular flexibility index (Phi) is 9.40. The SMILES string of the molecule is C=C/C=C(\C=C)N1CCN(C(=O)c2ccc(N(Cc3ccc(Cl)c(Cl)c3)Sc3ccccc3)cc2)CC1. The van der Waals surface area contributed by atoms with Crippen molar-refractivity contribution in [1.29, 1.82) is 0 Å². The highest BCUT2D eigenvalue weighted by Gasteiger charge is 2.23. The van der Waals surface area contributed by atoms with Crippen molar-refractivity contribution < 1.29 is 4.79 Å². The van der Waals surface area contributed by atoms with Crippen molar-refractivity contribution in [2.45, 2.75) is 11.4 Å². The summed E-state index contributed by atoms with van der Waals surface area (Å²) in [5.74, 6) is 0.0470. The molecular weight excluding hydrogens is 521 g/mol. The molecule has 4 nitrogen and oxygen atoms in total. The van der Waals surface area contributed by atoms with Crippen LogP contribution in [0.5, 0.6) is 0 Å². The van der Waals surface area contributed by atoms with Gasteiger partial charge in [0, 0.05) is 48.0 Å². The topological polar surface area (TPSA) is 26.8 Å². The van der Waals surface area contributed by atoms with E-state index in [-0.39, 0.29) is 5.91 Å². The van der Waals surface area contributed by atoms with Crippen LogP contribution in [0, 0.1) is 0 Å². The summed E-state index contributed by atoms with van der Waals surface area (Å²) in [6.45, 7) is 11.1. The summed E-state index contributed by atoms with van der Waals surface area (Å²) < 4.78 is 2.19. The minimum atomic E-state index is 0.0470. The summed E-state index contributed by atoms with van der Waals surface area (Å²) in [5, 5.41) is 1.07. The highest BCUT2D eigenvalue weighted by Crippen LogP contribution is 2.32. The molecule has 0 spiro atoms. The third-order valence-electron chi connectivity index (χ3n) is 6.10. The van der Waals surface area contributed by atoms with Gasteiger partial charge < -0.3 is 14.1 Å². The summed E-state index contributed by atoms with van der Waals surface area (Å²) in [6.07, 6.45) is 5.53. The van der Waals surface area contributed by atoms with Crippen molar-refractivity contribution >= 4 is 46.7 Å². The van der Waals surface area contributed by atoms with E-state index in [4.69, 9.17) is 23.2 Å². The van der Waals surface area contributed by atoms with E-state index in [1.165, 1.54) is 0 Å². The molecular formula is C30H29Cl2N3OS. The molecule has 0 bridgehead atoms. The van der Waals surface area contributed by atoms with Crippen LogP contribution in [-0.2, 0) is 6.54 Å². The Morgan fingerprint density at radius 3 is 2.19 bits per heavy atom. The molecule has 1 saturated heterocycles. The van der Waals surface area contributed by atoms with E-state index in [0.717, 1.165) is 34.9 Å². The highest BCUT2D eigenvalue weighted by atomic mass is 35.5. The number of halogens is 2. The van der Waals surface area contributed by atoms with Crippen LogP contribution in [0.4, 0.5) is 5.69 Å². The second-order valence-corrected chi connectivity index (χ2v) is 10.5. The molecule has 1 aliphatic rings. The van der Waals surface area contributed by atoms with Gasteiger partial charge in [-0.15, -0.1) is 0 Å². The summed E-state index contributed by atoms with van der Waals surface area (Å²) >= 11 is 14.0. The Hall–Kier alpha value is -3.12. The number of nitrogens with zero attached hydrogens (tertiary/aromatic N) is 3. The maximum Gasteiger partial charge on any atom is 0.253 e. The number of allylic oxidation sites excluding steroid dienone is 3. The number of amides is 1. The molecule has 1 heterocycles. The molecule has 190 valence electrons. The molecule has 1 fully saturated rings. The number of carbonyl (C=O) groups excluding carboxylic acids is 1. The lowest BCUT2D eigenvalue weighted by Gasteiger charge is -2.36.